The molecule has 0 amide bonds. The molecule has 92 valence electrons. The van der Waals surface area contributed by atoms with Crippen molar-refractivity contribution < 1.29 is 14.3 Å². The largest absolute Gasteiger partial charge is 0.468 e. The Morgan fingerprint density at radius 3 is 2.50 bits per heavy atom. The van der Waals surface area contributed by atoms with Gasteiger partial charge in [-0.15, -0.1) is 0 Å². The van der Waals surface area contributed by atoms with Gasteiger partial charge in [0.2, 0.25) is 0 Å². The predicted octanol–water partition coefficient (Wildman–Crippen LogP) is 1.08. The summed E-state index contributed by atoms with van der Waals surface area (Å²) in [5.74, 6) is -0.259. The molecular weight excluding hydrogens is 206 g/mol. The topological polar surface area (TPSA) is 61.5 Å². The fourth-order valence-electron chi connectivity index (χ4n) is 3.65. The first kappa shape index (κ1) is 11.9. The first-order chi connectivity index (χ1) is 7.57. The normalized spacial score (nSPS) is 37.2. The van der Waals surface area contributed by atoms with Crippen molar-refractivity contribution in [2.24, 2.45) is 16.6 Å². The maximum atomic E-state index is 11.4. The van der Waals surface area contributed by atoms with E-state index in [2.05, 4.69) is 0 Å². The van der Waals surface area contributed by atoms with Gasteiger partial charge < -0.3 is 15.2 Å². The summed E-state index contributed by atoms with van der Waals surface area (Å²) < 4.78 is 9.76. The summed E-state index contributed by atoms with van der Waals surface area (Å²) in [5, 5.41) is 0. The van der Waals surface area contributed by atoms with Gasteiger partial charge in [0.05, 0.1) is 7.11 Å². The summed E-state index contributed by atoms with van der Waals surface area (Å²) in [6.07, 6.45) is 5.61. The molecule has 0 saturated heterocycles. The van der Waals surface area contributed by atoms with E-state index in [1.54, 1.807) is 7.11 Å². The van der Waals surface area contributed by atoms with Crippen LogP contribution in [0.5, 0.6) is 0 Å². The molecular formula is C12H21NO3. The highest BCUT2D eigenvalue weighted by molar-refractivity contribution is 5.77. The zero-order valence-electron chi connectivity index (χ0n) is 10.1. The third-order valence-corrected chi connectivity index (χ3v) is 4.35. The predicted molar refractivity (Wildman–Crippen MR) is 59.8 cm³/mol. The molecule has 0 aromatic heterocycles. The Morgan fingerprint density at radius 2 is 2.00 bits per heavy atom. The van der Waals surface area contributed by atoms with E-state index in [0.29, 0.717) is 5.41 Å². The number of ether oxygens (including phenoxy) is 2. The molecule has 3 aliphatic rings. The van der Waals surface area contributed by atoms with Crippen LogP contribution in [-0.4, -0.2) is 32.8 Å². The van der Waals surface area contributed by atoms with Crippen LogP contribution < -0.4 is 5.73 Å². The molecule has 3 saturated carbocycles. The van der Waals surface area contributed by atoms with E-state index in [1.165, 1.54) is 13.5 Å². The number of methoxy groups -OCH3 is 2. The molecule has 1 unspecified atom stereocenters. The van der Waals surface area contributed by atoms with E-state index in [4.69, 9.17) is 15.2 Å². The molecule has 0 spiro atoms. The minimum absolute atomic E-state index is 0.0696. The smallest absolute Gasteiger partial charge is 0.323 e. The third-order valence-electron chi connectivity index (χ3n) is 4.35. The van der Waals surface area contributed by atoms with Crippen molar-refractivity contribution in [1.82, 2.24) is 0 Å². The number of nitrogens with two attached hydrogens (primary N) is 1. The summed E-state index contributed by atoms with van der Waals surface area (Å²) >= 11 is 0. The first-order valence-electron chi connectivity index (χ1n) is 5.90. The molecule has 0 aliphatic heterocycles. The van der Waals surface area contributed by atoms with Gasteiger partial charge in [-0.05, 0) is 42.9 Å². The van der Waals surface area contributed by atoms with Crippen LogP contribution in [0.4, 0.5) is 0 Å². The number of carbonyl (C=O) groups is 1. The van der Waals surface area contributed by atoms with Crippen molar-refractivity contribution in [2.75, 3.05) is 20.8 Å². The van der Waals surface area contributed by atoms with Gasteiger partial charge in [-0.1, -0.05) is 0 Å². The molecule has 0 aromatic rings. The van der Waals surface area contributed by atoms with Gasteiger partial charge in [-0.2, -0.15) is 0 Å². The molecule has 2 bridgehead atoms. The summed E-state index contributed by atoms with van der Waals surface area (Å²) in [6, 6.07) is -0.415. The highest BCUT2D eigenvalue weighted by Crippen LogP contribution is 2.76. The zero-order chi connectivity index (χ0) is 11.8. The summed E-state index contributed by atoms with van der Waals surface area (Å²) in [4.78, 5) is 11.4. The Hall–Kier alpha value is -0.610. The third kappa shape index (κ3) is 1.64. The molecule has 16 heavy (non-hydrogen) atoms. The van der Waals surface area contributed by atoms with Gasteiger partial charge in [0.25, 0.3) is 0 Å². The summed E-state index contributed by atoms with van der Waals surface area (Å²) in [6.45, 7) is 0.831. The Labute approximate surface area is 96.5 Å². The molecule has 0 heterocycles. The van der Waals surface area contributed by atoms with Gasteiger partial charge in [0.1, 0.15) is 6.04 Å². The second kappa shape index (κ2) is 4.00. The van der Waals surface area contributed by atoms with E-state index in [-0.39, 0.29) is 11.4 Å². The molecule has 4 heteroatoms. The molecule has 0 aromatic carbocycles. The average molecular weight is 227 g/mol. The molecule has 3 fully saturated rings. The van der Waals surface area contributed by atoms with Gasteiger partial charge in [-0.25, -0.2) is 0 Å². The zero-order valence-corrected chi connectivity index (χ0v) is 10.1. The van der Waals surface area contributed by atoms with E-state index < -0.39 is 6.04 Å². The van der Waals surface area contributed by atoms with Crippen LogP contribution in [0.3, 0.4) is 0 Å². The van der Waals surface area contributed by atoms with E-state index >= 15 is 0 Å². The van der Waals surface area contributed by atoms with E-state index in [0.717, 1.165) is 32.3 Å². The molecule has 0 radical (unpaired) electrons. The van der Waals surface area contributed by atoms with Crippen molar-refractivity contribution in [2.45, 2.75) is 38.1 Å². The maximum Gasteiger partial charge on any atom is 0.323 e. The van der Waals surface area contributed by atoms with Crippen LogP contribution in [0.1, 0.15) is 32.1 Å². The first-order valence-corrected chi connectivity index (χ1v) is 5.90. The number of rotatable bonds is 6. The van der Waals surface area contributed by atoms with Gasteiger partial charge in [0, 0.05) is 13.7 Å². The standard InChI is InChI=1S/C12H21NO3/c1-15-5-3-4-11-6-12(7-11,8-11)9(13)10(14)16-2/h9H,3-8,13H2,1-2H3. The fourth-order valence-corrected chi connectivity index (χ4v) is 3.65. The van der Waals surface area contributed by atoms with Crippen LogP contribution in [0.2, 0.25) is 0 Å². The Morgan fingerprint density at radius 1 is 1.38 bits per heavy atom. The quantitative estimate of drug-likeness (QED) is 0.545. The molecule has 1 atom stereocenters. The molecule has 2 N–H and O–H groups in total. The van der Waals surface area contributed by atoms with E-state index in [9.17, 15) is 4.79 Å². The Balaban J connectivity index is 1.77. The molecule has 3 aliphatic carbocycles. The van der Waals surface area contributed by atoms with Gasteiger partial charge >= 0.3 is 5.97 Å². The lowest BCUT2D eigenvalue weighted by atomic mass is 9.32. The highest BCUT2D eigenvalue weighted by Gasteiger charge is 2.70. The average Bonchev–Trinajstić information content (AvgIpc) is 2.17. The lowest BCUT2D eigenvalue weighted by molar-refractivity contribution is -0.225. The van der Waals surface area contributed by atoms with Crippen molar-refractivity contribution in [3.05, 3.63) is 0 Å². The van der Waals surface area contributed by atoms with Crippen LogP contribution in [0.15, 0.2) is 0 Å². The van der Waals surface area contributed by atoms with Crippen molar-refractivity contribution in [3.63, 3.8) is 0 Å². The van der Waals surface area contributed by atoms with Crippen LogP contribution >= 0.6 is 0 Å². The van der Waals surface area contributed by atoms with Crippen LogP contribution in [0.25, 0.3) is 0 Å². The van der Waals surface area contributed by atoms with Gasteiger partial charge in [-0.3, -0.25) is 4.79 Å². The lowest BCUT2D eigenvalue weighted by Gasteiger charge is -2.72. The fraction of sp³-hybridized carbons (Fsp3) is 0.917. The maximum absolute atomic E-state index is 11.4. The highest BCUT2D eigenvalue weighted by atomic mass is 16.5. The van der Waals surface area contributed by atoms with Crippen molar-refractivity contribution >= 4 is 5.97 Å². The number of hydrogen-bond donors (Lipinski definition) is 1. The number of hydrogen-bond acceptors (Lipinski definition) is 4. The SMILES string of the molecule is COCCCC12CC(C(N)C(=O)OC)(C1)C2. The lowest BCUT2D eigenvalue weighted by Crippen LogP contribution is -2.70. The molecule has 3 rings (SSSR count). The minimum Gasteiger partial charge on any atom is -0.468 e. The Bertz CT molecular complexity index is 270. The van der Waals surface area contributed by atoms with Crippen molar-refractivity contribution in [3.8, 4) is 0 Å². The minimum atomic E-state index is -0.415. The number of carbonyl (C=O) groups excluding carboxylic acids is 1. The van der Waals surface area contributed by atoms with Crippen LogP contribution in [0, 0.1) is 10.8 Å². The van der Waals surface area contributed by atoms with Crippen molar-refractivity contribution in [1.29, 1.82) is 0 Å². The van der Waals surface area contributed by atoms with Crippen LogP contribution in [-0.2, 0) is 14.3 Å². The van der Waals surface area contributed by atoms with Gasteiger partial charge in [0.15, 0.2) is 0 Å². The monoisotopic (exact) mass is 227 g/mol. The summed E-state index contributed by atoms with van der Waals surface area (Å²) in [5.41, 5.74) is 6.47. The van der Waals surface area contributed by atoms with E-state index in [1.807, 2.05) is 0 Å². The summed E-state index contributed by atoms with van der Waals surface area (Å²) in [7, 11) is 3.14. The Kier molecular flexibility index (Phi) is 2.97. The number of esters is 1. The second-order valence-electron chi connectivity index (χ2n) is 5.49. The second-order valence-corrected chi connectivity index (χ2v) is 5.49. The molecule has 4 nitrogen and oxygen atoms in total.